The predicted octanol–water partition coefficient (Wildman–Crippen LogP) is 3.11. The van der Waals surface area contributed by atoms with Crippen molar-refractivity contribution in [3.8, 4) is 5.69 Å². The number of nitrogens with zero attached hydrogens (tertiary/aromatic N) is 4. The second-order valence-electron chi connectivity index (χ2n) is 7.13. The lowest BCUT2D eigenvalue weighted by Gasteiger charge is -2.43. The largest absolute Gasteiger partial charge is 0.344 e. The Balaban J connectivity index is 1.56. The van der Waals surface area contributed by atoms with Crippen LogP contribution in [0.4, 0.5) is 0 Å². The number of likely N-dealkylation sites (N-methyl/N-ethyl adjacent to an activating group) is 1. The first kappa shape index (κ1) is 16.6. The molecule has 1 aromatic carbocycles. The molecular weight excluding hydrogens is 336 g/mol. The molecular formula is C19H23ClN4O. The molecule has 0 aliphatic carbocycles. The van der Waals surface area contributed by atoms with E-state index in [1.165, 1.54) is 0 Å². The summed E-state index contributed by atoms with van der Waals surface area (Å²) in [6.07, 6.45) is 8.00. The minimum Gasteiger partial charge on any atom is -0.344 e. The molecule has 2 aliphatic rings. The van der Waals surface area contributed by atoms with Crippen molar-refractivity contribution in [1.29, 1.82) is 0 Å². The number of hydrogen-bond acceptors (Lipinski definition) is 3. The van der Waals surface area contributed by atoms with E-state index in [-0.39, 0.29) is 11.4 Å². The number of piperidine rings is 1. The number of halogens is 1. The van der Waals surface area contributed by atoms with Gasteiger partial charge in [0.25, 0.3) is 0 Å². The minimum atomic E-state index is -0.306. The summed E-state index contributed by atoms with van der Waals surface area (Å²) in [6, 6.07) is 7.68. The molecule has 0 N–H and O–H groups in total. The van der Waals surface area contributed by atoms with E-state index in [9.17, 15) is 4.79 Å². The Kier molecular flexibility index (Phi) is 4.29. The van der Waals surface area contributed by atoms with Crippen molar-refractivity contribution in [3.63, 3.8) is 0 Å². The Morgan fingerprint density at radius 1 is 1.20 bits per heavy atom. The number of para-hydroxylation sites is 1. The second-order valence-corrected chi connectivity index (χ2v) is 7.54. The highest BCUT2D eigenvalue weighted by Crippen LogP contribution is 2.38. The van der Waals surface area contributed by atoms with Crippen LogP contribution in [-0.4, -0.2) is 51.2 Å². The summed E-state index contributed by atoms with van der Waals surface area (Å²) in [5, 5.41) is 5.15. The van der Waals surface area contributed by atoms with Crippen LogP contribution in [0.3, 0.4) is 0 Å². The van der Waals surface area contributed by atoms with Gasteiger partial charge in [-0.25, -0.2) is 4.68 Å². The Morgan fingerprint density at radius 3 is 2.76 bits per heavy atom. The molecule has 1 atom stereocenters. The van der Waals surface area contributed by atoms with E-state index in [1.807, 2.05) is 53.3 Å². The second kappa shape index (κ2) is 6.46. The van der Waals surface area contributed by atoms with Gasteiger partial charge in [0.05, 0.1) is 16.9 Å². The zero-order valence-electron chi connectivity index (χ0n) is 14.5. The van der Waals surface area contributed by atoms with Crippen molar-refractivity contribution in [2.24, 2.45) is 0 Å². The van der Waals surface area contributed by atoms with E-state index < -0.39 is 0 Å². The van der Waals surface area contributed by atoms with Gasteiger partial charge in [0, 0.05) is 31.9 Å². The van der Waals surface area contributed by atoms with Crippen molar-refractivity contribution in [2.75, 3.05) is 20.1 Å². The van der Waals surface area contributed by atoms with Crippen LogP contribution in [-0.2, 0) is 11.3 Å². The molecule has 25 heavy (non-hydrogen) atoms. The summed E-state index contributed by atoms with van der Waals surface area (Å²) in [5.41, 5.74) is 1.68. The van der Waals surface area contributed by atoms with Crippen LogP contribution in [0.1, 0.15) is 31.2 Å². The summed E-state index contributed by atoms with van der Waals surface area (Å²) in [4.78, 5) is 17.1. The van der Waals surface area contributed by atoms with E-state index in [4.69, 9.17) is 11.6 Å². The number of amides is 1. The van der Waals surface area contributed by atoms with Crippen LogP contribution >= 0.6 is 11.6 Å². The number of hydrogen-bond donors (Lipinski definition) is 0. The van der Waals surface area contributed by atoms with E-state index in [0.717, 1.165) is 56.6 Å². The van der Waals surface area contributed by atoms with Crippen molar-refractivity contribution in [2.45, 2.75) is 37.8 Å². The number of carbonyl (C=O) groups is 1. The fourth-order valence-electron chi connectivity index (χ4n) is 4.29. The van der Waals surface area contributed by atoms with Crippen molar-refractivity contribution in [1.82, 2.24) is 19.6 Å². The van der Waals surface area contributed by atoms with Crippen molar-refractivity contribution < 1.29 is 4.79 Å². The standard InChI is InChI=1S/C19H23ClN4O/c1-22-10-4-8-19(18(22)25)9-5-11-23(19)13-15-12-21-24(14-15)17-7-3-2-6-16(17)20/h2-3,6-7,12,14H,4-5,8-11,13H2,1H3. The average Bonchev–Trinajstić information content (AvgIpc) is 3.22. The summed E-state index contributed by atoms with van der Waals surface area (Å²) >= 11 is 6.27. The Bertz CT molecular complexity index is 789. The third-order valence-electron chi connectivity index (χ3n) is 5.56. The maximum atomic E-state index is 12.9. The molecule has 0 radical (unpaired) electrons. The number of carbonyl (C=O) groups excluding carboxylic acids is 1. The molecule has 1 unspecified atom stereocenters. The van der Waals surface area contributed by atoms with E-state index >= 15 is 0 Å². The van der Waals surface area contributed by atoms with Gasteiger partial charge in [0.1, 0.15) is 5.54 Å². The summed E-state index contributed by atoms with van der Waals surface area (Å²) in [5.74, 6) is 0.287. The fraction of sp³-hybridized carbons (Fsp3) is 0.474. The van der Waals surface area contributed by atoms with Crippen LogP contribution in [0, 0.1) is 0 Å². The van der Waals surface area contributed by atoms with Gasteiger partial charge in [-0.2, -0.15) is 5.10 Å². The Morgan fingerprint density at radius 2 is 1.96 bits per heavy atom. The molecule has 132 valence electrons. The van der Waals surface area contributed by atoms with Gasteiger partial charge in [-0.1, -0.05) is 23.7 Å². The highest BCUT2D eigenvalue weighted by molar-refractivity contribution is 6.32. The maximum absolute atomic E-state index is 12.9. The third-order valence-corrected chi connectivity index (χ3v) is 5.88. The molecule has 1 aromatic heterocycles. The van der Waals surface area contributed by atoms with Gasteiger partial charge < -0.3 is 4.90 Å². The van der Waals surface area contributed by atoms with Crippen LogP contribution in [0.5, 0.6) is 0 Å². The molecule has 5 nitrogen and oxygen atoms in total. The fourth-order valence-corrected chi connectivity index (χ4v) is 4.52. The minimum absolute atomic E-state index is 0.287. The lowest BCUT2D eigenvalue weighted by Crippen LogP contribution is -2.58. The molecule has 0 bridgehead atoms. The van der Waals surface area contributed by atoms with Gasteiger partial charge in [-0.3, -0.25) is 9.69 Å². The Hall–Kier alpha value is -1.85. The molecule has 4 rings (SSSR count). The molecule has 3 heterocycles. The molecule has 2 aromatic rings. The van der Waals surface area contributed by atoms with Gasteiger partial charge >= 0.3 is 0 Å². The van der Waals surface area contributed by atoms with Gasteiger partial charge in [0.15, 0.2) is 0 Å². The molecule has 1 spiro atoms. The lowest BCUT2D eigenvalue weighted by atomic mass is 9.85. The predicted molar refractivity (Wildman–Crippen MR) is 97.8 cm³/mol. The van der Waals surface area contributed by atoms with Crippen LogP contribution < -0.4 is 0 Å². The van der Waals surface area contributed by atoms with Crippen LogP contribution in [0.15, 0.2) is 36.7 Å². The first-order valence-corrected chi connectivity index (χ1v) is 9.27. The van der Waals surface area contributed by atoms with Crippen LogP contribution in [0.25, 0.3) is 5.69 Å². The highest BCUT2D eigenvalue weighted by atomic mass is 35.5. The number of benzene rings is 1. The van der Waals surface area contributed by atoms with Crippen molar-refractivity contribution >= 4 is 17.5 Å². The van der Waals surface area contributed by atoms with Crippen molar-refractivity contribution in [3.05, 3.63) is 47.2 Å². The lowest BCUT2D eigenvalue weighted by molar-refractivity contribution is -0.146. The zero-order valence-corrected chi connectivity index (χ0v) is 15.2. The highest BCUT2D eigenvalue weighted by Gasteiger charge is 2.49. The molecule has 2 fully saturated rings. The van der Waals surface area contributed by atoms with Crippen LogP contribution in [0.2, 0.25) is 5.02 Å². The smallest absolute Gasteiger partial charge is 0.242 e. The molecule has 2 saturated heterocycles. The average molecular weight is 359 g/mol. The van der Waals surface area contributed by atoms with E-state index in [0.29, 0.717) is 5.02 Å². The van der Waals surface area contributed by atoms with Gasteiger partial charge in [-0.05, 0) is 44.4 Å². The number of aromatic nitrogens is 2. The van der Waals surface area contributed by atoms with E-state index in [1.54, 1.807) is 0 Å². The summed E-state index contributed by atoms with van der Waals surface area (Å²) < 4.78 is 1.81. The first-order chi connectivity index (χ1) is 12.1. The first-order valence-electron chi connectivity index (χ1n) is 8.89. The van der Waals surface area contributed by atoms with Gasteiger partial charge in [0.2, 0.25) is 5.91 Å². The quantitative estimate of drug-likeness (QED) is 0.846. The third kappa shape index (κ3) is 2.85. The molecule has 0 saturated carbocycles. The monoisotopic (exact) mass is 358 g/mol. The maximum Gasteiger partial charge on any atom is 0.242 e. The summed E-state index contributed by atoms with van der Waals surface area (Å²) in [6.45, 7) is 2.60. The molecule has 6 heteroatoms. The summed E-state index contributed by atoms with van der Waals surface area (Å²) in [7, 11) is 1.93. The number of likely N-dealkylation sites (tertiary alicyclic amines) is 2. The Labute approximate surface area is 153 Å². The van der Waals surface area contributed by atoms with Gasteiger partial charge in [-0.15, -0.1) is 0 Å². The molecule has 2 aliphatic heterocycles. The normalized spacial score (nSPS) is 24.4. The molecule has 1 amide bonds. The zero-order chi connectivity index (χ0) is 17.4. The van der Waals surface area contributed by atoms with E-state index in [2.05, 4.69) is 10.00 Å². The topological polar surface area (TPSA) is 41.4 Å². The number of rotatable bonds is 3. The SMILES string of the molecule is CN1CCCC2(CCCN2Cc2cnn(-c3ccccc3Cl)c2)C1=O.